The van der Waals surface area contributed by atoms with Gasteiger partial charge in [0, 0.05) is 0 Å². The fourth-order valence-corrected chi connectivity index (χ4v) is 4.50. The minimum atomic E-state index is -0.740. The Hall–Kier alpha value is -2.74. The van der Waals surface area contributed by atoms with Gasteiger partial charge in [0.1, 0.15) is 0 Å². The highest BCUT2D eigenvalue weighted by Crippen LogP contribution is 2.31. The van der Waals surface area contributed by atoms with Crippen LogP contribution in [0.2, 0.25) is 0 Å². The molecule has 0 radical (unpaired) electrons. The van der Waals surface area contributed by atoms with E-state index < -0.39 is 5.97 Å². The summed E-state index contributed by atoms with van der Waals surface area (Å²) in [5, 5.41) is 13.2. The van der Waals surface area contributed by atoms with E-state index in [1.807, 2.05) is 29.3 Å². The van der Waals surface area contributed by atoms with Crippen LogP contribution in [-0.2, 0) is 16.2 Å². The van der Waals surface area contributed by atoms with Gasteiger partial charge in [-0.25, -0.2) is 0 Å². The second-order valence-corrected chi connectivity index (χ2v) is 8.74. The van der Waals surface area contributed by atoms with E-state index in [4.69, 9.17) is 9.94 Å². The maximum atomic E-state index is 10.9. The first-order valence-corrected chi connectivity index (χ1v) is 11.4. The Labute approximate surface area is 189 Å². The van der Waals surface area contributed by atoms with Gasteiger partial charge in [0.25, 0.3) is 0 Å². The van der Waals surface area contributed by atoms with Crippen molar-refractivity contribution in [2.75, 3.05) is 19.6 Å². The van der Waals surface area contributed by atoms with E-state index in [0.717, 1.165) is 44.3 Å². The third kappa shape index (κ3) is 6.63. The molecule has 2 fully saturated rings. The van der Waals surface area contributed by atoms with Crippen molar-refractivity contribution in [3.8, 4) is 0 Å². The summed E-state index contributed by atoms with van der Waals surface area (Å²) in [7, 11) is 0. The fourth-order valence-electron chi connectivity index (χ4n) is 4.50. The van der Waals surface area contributed by atoms with Crippen LogP contribution in [0.1, 0.15) is 48.4 Å². The molecule has 0 aliphatic carbocycles. The number of hydrogen-bond acceptors (Lipinski definition) is 6. The zero-order valence-electron chi connectivity index (χ0n) is 18.3. The molecule has 2 aliphatic rings. The van der Waals surface area contributed by atoms with Gasteiger partial charge in [-0.15, -0.1) is 0 Å². The summed E-state index contributed by atoms with van der Waals surface area (Å²) >= 11 is 0. The SMILES string of the molecule is O=C(O)CN1CCC(CC2CC(c3ccc(C=NNCc4ccccc4)cc3)NO2)CC1. The molecule has 0 spiro atoms. The Balaban J connectivity index is 1.19. The van der Waals surface area contributed by atoms with E-state index >= 15 is 0 Å². The number of benzene rings is 2. The van der Waals surface area contributed by atoms with Crippen LogP contribution < -0.4 is 10.9 Å². The molecule has 2 unspecified atom stereocenters. The first-order chi connectivity index (χ1) is 15.7. The van der Waals surface area contributed by atoms with Gasteiger partial charge >= 0.3 is 5.97 Å². The largest absolute Gasteiger partial charge is 0.480 e. The molecule has 32 heavy (non-hydrogen) atoms. The van der Waals surface area contributed by atoms with Crippen molar-refractivity contribution in [3.05, 3.63) is 71.3 Å². The lowest BCUT2D eigenvalue weighted by Gasteiger charge is -2.31. The molecule has 0 bridgehead atoms. The number of hydrogen-bond donors (Lipinski definition) is 3. The summed E-state index contributed by atoms with van der Waals surface area (Å²) in [5.74, 6) is -0.136. The summed E-state index contributed by atoms with van der Waals surface area (Å²) in [4.78, 5) is 18.8. The van der Waals surface area contributed by atoms with Gasteiger partial charge in [0.2, 0.25) is 0 Å². The number of carboxylic acids is 1. The van der Waals surface area contributed by atoms with Crippen LogP contribution in [0, 0.1) is 5.92 Å². The highest BCUT2D eigenvalue weighted by Gasteiger charge is 2.30. The minimum Gasteiger partial charge on any atom is -0.480 e. The number of hydroxylamine groups is 1. The normalized spacial score (nSPS) is 22.4. The minimum absolute atomic E-state index is 0.153. The van der Waals surface area contributed by atoms with Crippen molar-refractivity contribution in [2.24, 2.45) is 11.0 Å². The Morgan fingerprint density at radius 3 is 2.62 bits per heavy atom. The van der Waals surface area contributed by atoms with Crippen LogP contribution in [0.15, 0.2) is 59.7 Å². The van der Waals surface area contributed by atoms with E-state index in [0.29, 0.717) is 12.5 Å². The molecular weight excluding hydrogens is 404 g/mol. The monoisotopic (exact) mass is 436 g/mol. The molecule has 4 rings (SSSR count). The van der Waals surface area contributed by atoms with Crippen LogP contribution >= 0.6 is 0 Å². The number of piperidine rings is 1. The number of carboxylic acid groups (broad SMARTS) is 1. The number of likely N-dealkylation sites (tertiary alicyclic amines) is 1. The number of nitrogens with zero attached hydrogens (tertiary/aromatic N) is 2. The number of carbonyl (C=O) groups is 1. The standard InChI is InChI=1S/C25H32N4O3/c30-25(31)18-29-12-10-19(11-13-29)14-23-15-24(28-32-23)22-8-6-21(7-9-22)17-27-26-16-20-4-2-1-3-5-20/h1-9,17,19,23-24,26,28H,10-16,18H2,(H,30,31). The maximum absolute atomic E-state index is 10.9. The predicted octanol–water partition coefficient (Wildman–Crippen LogP) is 3.33. The second kappa shape index (κ2) is 11.2. The molecule has 2 atom stereocenters. The number of hydrazone groups is 1. The lowest BCUT2D eigenvalue weighted by molar-refractivity contribution is -0.138. The molecule has 0 amide bonds. The van der Waals surface area contributed by atoms with Gasteiger partial charge in [-0.1, -0.05) is 54.6 Å². The van der Waals surface area contributed by atoms with Gasteiger partial charge in [-0.05, 0) is 61.4 Å². The van der Waals surface area contributed by atoms with Crippen LogP contribution in [0.3, 0.4) is 0 Å². The lowest BCUT2D eigenvalue weighted by atomic mass is 9.89. The molecule has 2 aromatic carbocycles. The van der Waals surface area contributed by atoms with Crippen molar-refractivity contribution in [2.45, 2.75) is 44.4 Å². The molecule has 7 heteroatoms. The maximum Gasteiger partial charge on any atom is 0.317 e. The van der Waals surface area contributed by atoms with E-state index in [2.05, 4.69) is 52.4 Å². The third-order valence-electron chi connectivity index (χ3n) is 6.31. The molecule has 2 aromatic rings. The van der Waals surface area contributed by atoms with Crippen LogP contribution in [0.25, 0.3) is 0 Å². The summed E-state index contributed by atoms with van der Waals surface area (Å²) in [5.41, 5.74) is 9.76. The van der Waals surface area contributed by atoms with Crippen LogP contribution in [-0.4, -0.2) is 47.9 Å². The van der Waals surface area contributed by atoms with Crippen molar-refractivity contribution >= 4 is 12.2 Å². The molecule has 2 saturated heterocycles. The van der Waals surface area contributed by atoms with Crippen molar-refractivity contribution in [1.82, 2.24) is 15.8 Å². The Kier molecular flexibility index (Phi) is 7.87. The second-order valence-electron chi connectivity index (χ2n) is 8.74. The average molecular weight is 437 g/mol. The first kappa shape index (κ1) is 22.5. The molecule has 0 saturated carbocycles. The van der Waals surface area contributed by atoms with Crippen molar-refractivity contribution < 1.29 is 14.7 Å². The van der Waals surface area contributed by atoms with E-state index in [1.54, 1.807) is 0 Å². The van der Waals surface area contributed by atoms with E-state index in [-0.39, 0.29) is 18.7 Å². The summed E-state index contributed by atoms with van der Waals surface area (Å²) in [6.45, 7) is 2.59. The lowest BCUT2D eigenvalue weighted by Crippen LogP contribution is -2.38. The summed E-state index contributed by atoms with van der Waals surface area (Å²) < 4.78 is 0. The van der Waals surface area contributed by atoms with Gasteiger partial charge in [0.05, 0.1) is 31.4 Å². The predicted molar refractivity (Wildman–Crippen MR) is 124 cm³/mol. The van der Waals surface area contributed by atoms with Gasteiger partial charge in [0.15, 0.2) is 0 Å². The third-order valence-corrected chi connectivity index (χ3v) is 6.31. The molecule has 3 N–H and O–H groups in total. The number of aliphatic carboxylic acids is 1. The summed E-state index contributed by atoms with van der Waals surface area (Å²) in [6, 6.07) is 18.8. The van der Waals surface area contributed by atoms with Gasteiger partial charge < -0.3 is 10.5 Å². The topological polar surface area (TPSA) is 86.2 Å². The molecule has 7 nitrogen and oxygen atoms in total. The van der Waals surface area contributed by atoms with E-state index in [1.165, 1.54) is 11.1 Å². The molecule has 2 heterocycles. The van der Waals surface area contributed by atoms with Crippen LogP contribution in [0.4, 0.5) is 0 Å². The first-order valence-electron chi connectivity index (χ1n) is 11.4. The molecule has 170 valence electrons. The van der Waals surface area contributed by atoms with Crippen LogP contribution in [0.5, 0.6) is 0 Å². The average Bonchev–Trinajstić information content (AvgIpc) is 3.27. The number of nitrogens with one attached hydrogen (secondary N) is 2. The Morgan fingerprint density at radius 2 is 1.91 bits per heavy atom. The fraction of sp³-hybridized carbons (Fsp3) is 0.440. The quantitative estimate of drug-likeness (QED) is 0.413. The zero-order valence-corrected chi connectivity index (χ0v) is 18.3. The summed E-state index contributed by atoms with van der Waals surface area (Å²) in [6.07, 6.45) is 6.13. The van der Waals surface area contributed by atoms with Crippen molar-refractivity contribution in [1.29, 1.82) is 0 Å². The van der Waals surface area contributed by atoms with Gasteiger partial charge in [-0.2, -0.15) is 10.6 Å². The molecule has 0 aromatic heterocycles. The smallest absolute Gasteiger partial charge is 0.317 e. The zero-order chi connectivity index (χ0) is 22.2. The highest BCUT2D eigenvalue weighted by molar-refractivity contribution is 5.79. The van der Waals surface area contributed by atoms with Crippen molar-refractivity contribution in [3.63, 3.8) is 0 Å². The molecule has 2 aliphatic heterocycles. The highest BCUT2D eigenvalue weighted by atomic mass is 16.7. The van der Waals surface area contributed by atoms with E-state index in [9.17, 15) is 4.79 Å². The Bertz CT molecular complexity index is 880. The number of rotatable bonds is 9. The molecular formula is C25H32N4O3. The van der Waals surface area contributed by atoms with Gasteiger partial charge in [-0.3, -0.25) is 14.5 Å². The Morgan fingerprint density at radius 1 is 1.16 bits per heavy atom.